The van der Waals surface area contributed by atoms with E-state index in [0.717, 1.165) is 29.4 Å². The highest BCUT2D eigenvalue weighted by atomic mass is 35.5. The largest absolute Gasteiger partial charge is 0.345 e. The summed E-state index contributed by atoms with van der Waals surface area (Å²) in [6.07, 6.45) is 2.06. The smallest absolute Gasteiger partial charge is 0.228 e. The first-order chi connectivity index (χ1) is 11.7. The van der Waals surface area contributed by atoms with Crippen LogP contribution in [0.3, 0.4) is 0 Å². The molecule has 0 radical (unpaired) electrons. The maximum atomic E-state index is 12.8. The molecule has 0 aliphatic heterocycles. The van der Waals surface area contributed by atoms with Crippen LogP contribution in [0.1, 0.15) is 45.9 Å². The molecule has 0 N–H and O–H groups in total. The van der Waals surface area contributed by atoms with Crippen LogP contribution in [0.15, 0.2) is 42.6 Å². The Morgan fingerprint density at radius 1 is 1.20 bits per heavy atom. The predicted octanol–water partition coefficient (Wildman–Crippen LogP) is 5.22. The lowest BCUT2D eigenvalue weighted by Crippen LogP contribution is -2.41. The summed E-state index contributed by atoms with van der Waals surface area (Å²) in [7, 11) is 0. The van der Waals surface area contributed by atoms with Crippen molar-refractivity contribution in [2.45, 2.75) is 47.7 Å². The zero-order valence-electron chi connectivity index (χ0n) is 15.9. The summed E-state index contributed by atoms with van der Waals surface area (Å²) in [6, 6.07) is 12.0. The van der Waals surface area contributed by atoms with E-state index in [2.05, 4.69) is 36.7 Å². The van der Waals surface area contributed by atoms with Gasteiger partial charge in [-0.15, -0.1) is 0 Å². The van der Waals surface area contributed by atoms with Crippen molar-refractivity contribution in [2.24, 2.45) is 11.3 Å². The van der Waals surface area contributed by atoms with Crippen molar-refractivity contribution in [1.29, 1.82) is 0 Å². The van der Waals surface area contributed by atoms with Gasteiger partial charge < -0.3 is 9.47 Å². The first-order valence-electron chi connectivity index (χ1n) is 8.84. The van der Waals surface area contributed by atoms with Crippen LogP contribution in [-0.2, 0) is 17.9 Å². The average Bonchev–Trinajstić information content (AvgIpc) is 2.91. The summed E-state index contributed by atoms with van der Waals surface area (Å²) >= 11 is 6.10. The van der Waals surface area contributed by atoms with Gasteiger partial charge in [0.25, 0.3) is 0 Å². The second-order valence-corrected chi connectivity index (χ2v) is 8.52. The molecule has 0 spiro atoms. The quantitative estimate of drug-likeness (QED) is 0.693. The number of amides is 1. The molecule has 0 unspecified atom stereocenters. The Kier molecular flexibility index (Phi) is 6.34. The van der Waals surface area contributed by atoms with E-state index in [1.807, 2.05) is 49.9 Å². The van der Waals surface area contributed by atoms with Crippen LogP contribution in [0, 0.1) is 11.3 Å². The van der Waals surface area contributed by atoms with Gasteiger partial charge in [0.05, 0.1) is 6.54 Å². The molecule has 0 saturated heterocycles. The normalized spacial score (nSPS) is 11.8. The molecule has 25 heavy (non-hydrogen) atoms. The number of hydrogen-bond donors (Lipinski definition) is 0. The Morgan fingerprint density at radius 3 is 2.52 bits per heavy atom. The lowest BCUT2D eigenvalue weighted by Gasteiger charge is -2.31. The van der Waals surface area contributed by atoms with Gasteiger partial charge >= 0.3 is 0 Å². The fourth-order valence-electron chi connectivity index (χ4n) is 2.91. The van der Waals surface area contributed by atoms with Crippen molar-refractivity contribution >= 4 is 17.5 Å². The standard InChI is InChI=1S/C21H29ClN2O/c1-16(2)13-24(20(25)21(3,4)5)15-19-10-7-11-23(19)14-17-8-6-9-18(22)12-17/h6-12,16H,13-15H2,1-5H3. The number of aromatic nitrogens is 1. The zero-order chi connectivity index (χ0) is 18.6. The predicted molar refractivity (Wildman–Crippen MR) is 105 cm³/mol. The van der Waals surface area contributed by atoms with E-state index in [9.17, 15) is 4.79 Å². The summed E-state index contributed by atoms with van der Waals surface area (Å²) in [5.41, 5.74) is 1.92. The SMILES string of the molecule is CC(C)CN(Cc1cccn1Cc1cccc(Cl)c1)C(=O)C(C)(C)C. The molecule has 0 bridgehead atoms. The summed E-state index contributed by atoms with van der Waals surface area (Å²) in [5.74, 6) is 0.624. The van der Waals surface area contributed by atoms with Gasteiger partial charge in [0.1, 0.15) is 0 Å². The molecule has 4 heteroatoms. The van der Waals surface area contributed by atoms with Gasteiger partial charge in [-0.25, -0.2) is 0 Å². The molecular formula is C21H29ClN2O. The molecule has 1 amide bonds. The monoisotopic (exact) mass is 360 g/mol. The van der Waals surface area contributed by atoms with Crippen LogP contribution in [0.2, 0.25) is 5.02 Å². The zero-order valence-corrected chi connectivity index (χ0v) is 16.7. The number of nitrogens with zero attached hydrogens (tertiary/aromatic N) is 2. The van der Waals surface area contributed by atoms with Gasteiger partial charge in [-0.3, -0.25) is 4.79 Å². The van der Waals surface area contributed by atoms with E-state index < -0.39 is 0 Å². The van der Waals surface area contributed by atoms with Crippen molar-refractivity contribution in [2.75, 3.05) is 6.54 Å². The highest BCUT2D eigenvalue weighted by Crippen LogP contribution is 2.21. The minimum atomic E-state index is -0.376. The number of hydrogen-bond acceptors (Lipinski definition) is 1. The Balaban J connectivity index is 2.20. The number of carbonyl (C=O) groups is 1. The minimum absolute atomic E-state index is 0.191. The van der Waals surface area contributed by atoms with Crippen LogP contribution in [0.25, 0.3) is 0 Å². The van der Waals surface area contributed by atoms with E-state index in [-0.39, 0.29) is 11.3 Å². The van der Waals surface area contributed by atoms with Crippen LogP contribution in [0.4, 0.5) is 0 Å². The van der Waals surface area contributed by atoms with Crippen LogP contribution in [-0.4, -0.2) is 21.9 Å². The first kappa shape index (κ1) is 19.6. The Morgan fingerprint density at radius 2 is 1.92 bits per heavy atom. The maximum Gasteiger partial charge on any atom is 0.228 e. The van der Waals surface area contributed by atoms with Gasteiger partial charge in [0, 0.05) is 35.4 Å². The third-order valence-electron chi connectivity index (χ3n) is 4.03. The van der Waals surface area contributed by atoms with Crippen molar-refractivity contribution in [3.05, 3.63) is 58.9 Å². The highest BCUT2D eigenvalue weighted by molar-refractivity contribution is 6.30. The van der Waals surface area contributed by atoms with Crippen molar-refractivity contribution in [1.82, 2.24) is 9.47 Å². The van der Waals surface area contributed by atoms with Crippen molar-refractivity contribution in [3.8, 4) is 0 Å². The minimum Gasteiger partial charge on any atom is -0.345 e. The molecule has 1 aromatic carbocycles. The fraction of sp³-hybridized carbons (Fsp3) is 0.476. The lowest BCUT2D eigenvalue weighted by molar-refractivity contribution is -0.140. The molecule has 3 nitrogen and oxygen atoms in total. The molecule has 0 aliphatic rings. The Bertz CT molecular complexity index is 713. The molecule has 0 fully saturated rings. The topological polar surface area (TPSA) is 25.2 Å². The van der Waals surface area contributed by atoms with Crippen molar-refractivity contribution in [3.63, 3.8) is 0 Å². The molecule has 2 rings (SSSR count). The Labute approximate surface area is 156 Å². The molecule has 136 valence electrons. The van der Waals surface area contributed by atoms with Crippen LogP contribution in [0.5, 0.6) is 0 Å². The first-order valence-corrected chi connectivity index (χ1v) is 9.22. The van der Waals surface area contributed by atoms with E-state index >= 15 is 0 Å². The maximum absolute atomic E-state index is 12.8. The molecule has 2 aromatic rings. The third-order valence-corrected chi connectivity index (χ3v) is 4.27. The molecule has 0 aliphatic carbocycles. The van der Waals surface area contributed by atoms with Crippen LogP contribution >= 0.6 is 11.6 Å². The van der Waals surface area contributed by atoms with E-state index in [0.29, 0.717) is 12.5 Å². The molecular weight excluding hydrogens is 332 g/mol. The lowest BCUT2D eigenvalue weighted by atomic mass is 9.94. The van der Waals surface area contributed by atoms with Gasteiger partial charge in [0.15, 0.2) is 0 Å². The van der Waals surface area contributed by atoms with Gasteiger partial charge in [-0.05, 0) is 35.7 Å². The summed E-state index contributed by atoms with van der Waals surface area (Å²) in [6.45, 7) is 12.4. The molecule has 1 aromatic heterocycles. The molecule has 1 heterocycles. The van der Waals surface area contributed by atoms with Gasteiger partial charge in [-0.2, -0.15) is 0 Å². The molecule has 0 saturated carbocycles. The summed E-state index contributed by atoms with van der Waals surface area (Å²) in [4.78, 5) is 14.8. The second-order valence-electron chi connectivity index (χ2n) is 8.09. The number of carbonyl (C=O) groups excluding carboxylic acids is 1. The van der Waals surface area contributed by atoms with Gasteiger partial charge in [-0.1, -0.05) is 58.4 Å². The third kappa shape index (κ3) is 5.64. The molecule has 0 atom stereocenters. The van der Waals surface area contributed by atoms with Crippen molar-refractivity contribution < 1.29 is 4.79 Å². The number of rotatable bonds is 6. The fourth-order valence-corrected chi connectivity index (χ4v) is 3.12. The van der Waals surface area contributed by atoms with Gasteiger partial charge in [0.2, 0.25) is 5.91 Å². The van der Waals surface area contributed by atoms with E-state index in [4.69, 9.17) is 11.6 Å². The summed E-state index contributed by atoms with van der Waals surface area (Å²) < 4.78 is 2.19. The number of halogens is 1. The Hall–Kier alpha value is -1.74. The van der Waals surface area contributed by atoms with Crippen LogP contribution < -0.4 is 0 Å². The number of benzene rings is 1. The van der Waals surface area contributed by atoms with E-state index in [1.165, 1.54) is 0 Å². The highest BCUT2D eigenvalue weighted by Gasteiger charge is 2.28. The average molecular weight is 361 g/mol. The van der Waals surface area contributed by atoms with E-state index in [1.54, 1.807) is 0 Å². The second kappa shape index (κ2) is 8.09. The summed E-state index contributed by atoms with van der Waals surface area (Å²) in [5, 5.41) is 0.746.